The summed E-state index contributed by atoms with van der Waals surface area (Å²) in [6.45, 7) is 3.79. The van der Waals surface area contributed by atoms with E-state index in [2.05, 4.69) is 17.3 Å². The van der Waals surface area contributed by atoms with Gasteiger partial charge in [-0.3, -0.25) is 0 Å². The van der Waals surface area contributed by atoms with Crippen LogP contribution in [0.3, 0.4) is 0 Å². The lowest BCUT2D eigenvalue weighted by molar-refractivity contribution is 0.226. The minimum absolute atomic E-state index is 0.129. The van der Waals surface area contributed by atoms with Crippen LogP contribution >= 0.6 is 0 Å². The Morgan fingerprint density at radius 2 is 2.00 bits per heavy atom. The Hall–Kier alpha value is -1.79. The van der Waals surface area contributed by atoms with Gasteiger partial charge in [0.25, 0.3) is 0 Å². The number of aryl methyl sites for hydroxylation is 1. The van der Waals surface area contributed by atoms with Gasteiger partial charge in [-0.15, -0.1) is 9.78 Å². The summed E-state index contributed by atoms with van der Waals surface area (Å²) in [4.78, 5) is 23.5. The molecule has 0 spiro atoms. The van der Waals surface area contributed by atoms with Gasteiger partial charge >= 0.3 is 11.7 Å². The third kappa shape index (κ3) is 2.39. The normalized spacial score (nSPS) is 23.9. The Kier molecular flexibility index (Phi) is 3.40. The Balaban J connectivity index is 2.04. The zero-order valence-electron chi connectivity index (χ0n) is 10.7. The first-order valence-corrected chi connectivity index (χ1v) is 6.23. The molecule has 18 heavy (non-hydrogen) atoms. The van der Waals surface area contributed by atoms with Crippen LogP contribution in [0.1, 0.15) is 38.4 Å². The number of hydrogen-bond acceptors (Lipinski definition) is 4. The zero-order chi connectivity index (χ0) is 13.3. The van der Waals surface area contributed by atoms with Crippen LogP contribution < -0.4 is 16.8 Å². The topological polar surface area (TPSA) is 94.9 Å². The minimum atomic E-state index is -0.617. The third-order valence-electron chi connectivity index (χ3n) is 3.52. The van der Waals surface area contributed by atoms with Crippen molar-refractivity contribution in [2.75, 3.05) is 5.84 Å². The summed E-state index contributed by atoms with van der Waals surface area (Å²) < 4.78 is 1.65. The predicted molar refractivity (Wildman–Crippen MR) is 66.7 cm³/mol. The molecule has 0 saturated heterocycles. The predicted octanol–water partition coefficient (Wildman–Crippen LogP) is 0.203. The molecule has 0 aromatic carbocycles. The fourth-order valence-electron chi connectivity index (χ4n) is 2.25. The summed E-state index contributed by atoms with van der Waals surface area (Å²) in [7, 11) is 0. The average Bonchev–Trinajstić information content (AvgIpc) is 2.60. The molecule has 1 aliphatic rings. The van der Waals surface area contributed by atoms with Crippen molar-refractivity contribution in [1.29, 1.82) is 0 Å². The number of nitrogens with two attached hydrogens (primary N) is 1. The molecular formula is C11H19N5O2. The molecule has 1 saturated carbocycles. The number of rotatable bonds is 1. The van der Waals surface area contributed by atoms with E-state index >= 15 is 0 Å². The molecular weight excluding hydrogens is 234 g/mol. The van der Waals surface area contributed by atoms with Gasteiger partial charge in [-0.05, 0) is 38.5 Å². The fraction of sp³-hybridized carbons (Fsp3) is 0.727. The number of carbonyl (C=O) groups excluding carboxylic acids is 1. The summed E-state index contributed by atoms with van der Waals surface area (Å²) in [5, 5.41) is 6.65. The number of carbonyl (C=O) groups is 1. The van der Waals surface area contributed by atoms with E-state index in [1.807, 2.05) is 0 Å². The lowest BCUT2D eigenvalue weighted by atomic mass is 9.87. The van der Waals surface area contributed by atoms with E-state index in [0.29, 0.717) is 11.7 Å². The van der Waals surface area contributed by atoms with Crippen LogP contribution in [-0.2, 0) is 0 Å². The number of nitrogens with one attached hydrogen (secondary N) is 1. The molecule has 0 atom stereocenters. The van der Waals surface area contributed by atoms with Crippen LogP contribution in [0.15, 0.2) is 4.79 Å². The first-order valence-electron chi connectivity index (χ1n) is 6.23. The molecule has 0 bridgehead atoms. The maximum Gasteiger partial charge on any atom is 0.373 e. The molecule has 7 nitrogen and oxygen atoms in total. The average molecular weight is 253 g/mol. The summed E-state index contributed by atoms with van der Waals surface area (Å²) in [6, 6.07) is -0.365. The molecule has 1 aliphatic carbocycles. The van der Waals surface area contributed by atoms with Crippen molar-refractivity contribution >= 4 is 6.03 Å². The molecule has 0 aliphatic heterocycles. The summed E-state index contributed by atoms with van der Waals surface area (Å²) in [5.41, 5.74) is -0.617. The minimum Gasteiger partial charge on any atom is -0.333 e. The van der Waals surface area contributed by atoms with Crippen LogP contribution in [0.25, 0.3) is 0 Å². The van der Waals surface area contributed by atoms with Crippen molar-refractivity contribution < 1.29 is 4.79 Å². The van der Waals surface area contributed by atoms with Gasteiger partial charge in [0.2, 0.25) is 0 Å². The highest BCUT2D eigenvalue weighted by Gasteiger charge is 2.22. The molecule has 1 fully saturated rings. The van der Waals surface area contributed by atoms with Crippen LogP contribution in [0.5, 0.6) is 0 Å². The number of nitrogens with zero attached hydrogens (tertiary/aromatic N) is 3. The highest BCUT2D eigenvalue weighted by atomic mass is 16.2. The second-order valence-electron chi connectivity index (χ2n) is 5.02. The molecule has 2 rings (SSSR count). The third-order valence-corrected chi connectivity index (χ3v) is 3.52. The van der Waals surface area contributed by atoms with Gasteiger partial charge in [0, 0.05) is 6.04 Å². The van der Waals surface area contributed by atoms with Gasteiger partial charge in [-0.25, -0.2) is 9.59 Å². The van der Waals surface area contributed by atoms with Gasteiger partial charge in [0.1, 0.15) is 0 Å². The highest BCUT2D eigenvalue weighted by molar-refractivity contribution is 5.75. The molecule has 1 aromatic rings. The van der Waals surface area contributed by atoms with E-state index in [0.717, 1.165) is 35.0 Å². The van der Waals surface area contributed by atoms with Gasteiger partial charge in [-0.1, -0.05) is 6.92 Å². The summed E-state index contributed by atoms with van der Waals surface area (Å²) >= 11 is 0. The molecule has 0 radical (unpaired) electrons. The van der Waals surface area contributed by atoms with Gasteiger partial charge < -0.3 is 11.2 Å². The van der Waals surface area contributed by atoms with Gasteiger partial charge in [0.05, 0.1) is 0 Å². The molecule has 7 heteroatoms. The molecule has 1 amide bonds. The number of amides is 1. The Bertz CT molecular complexity index is 496. The lowest BCUT2D eigenvalue weighted by Crippen LogP contribution is -2.44. The van der Waals surface area contributed by atoms with E-state index < -0.39 is 11.7 Å². The second kappa shape index (κ2) is 4.83. The lowest BCUT2D eigenvalue weighted by Gasteiger charge is -2.26. The van der Waals surface area contributed by atoms with Crippen molar-refractivity contribution in [3.63, 3.8) is 0 Å². The van der Waals surface area contributed by atoms with E-state index in [4.69, 9.17) is 5.84 Å². The van der Waals surface area contributed by atoms with Crippen LogP contribution in [0.4, 0.5) is 4.79 Å². The summed E-state index contributed by atoms with van der Waals surface area (Å²) in [5.74, 6) is 6.46. The Labute approximate surface area is 105 Å². The molecule has 100 valence electrons. The van der Waals surface area contributed by atoms with Crippen molar-refractivity contribution in [2.24, 2.45) is 5.92 Å². The Morgan fingerprint density at radius 1 is 1.39 bits per heavy atom. The zero-order valence-corrected chi connectivity index (χ0v) is 10.7. The molecule has 1 heterocycles. The Morgan fingerprint density at radius 3 is 2.50 bits per heavy atom. The molecule has 0 unspecified atom stereocenters. The first kappa shape index (κ1) is 12.7. The maximum absolute atomic E-state index is 11.9. The van der Waals surface area contributed by atoms with Crippen molar-refractivity contribution in [3.05, 3.63) is 16.3 Å². The SMILES string of the molecule is Cc1nn(C(=O)NC2CCC(C)CC2)c(=O)n1N. The molecule has 1 aromatic heterocycles. The van der Waals surface area contributed by atoms with Crippen LogP contribution in [0, 0.1) is 12.8 Å². The van der Waals surface area contributed by atoms with E-state index in [1.54, 1.807) is 6.92 Å². The van der Waals surface area contributed by atoms with Gasteiger partial charge in [0.15, 0.2) is 5.82 Å². The fourth-order valence-corrected chi connectivity index (χ4v) is 2.25. The van der Waals surface area contributed by atoms with Crippen molar-refractivity contribution in [3.8, 4) is 0 Å². The first-order chi connectivity index (χ1) is 8.49. The second-order valence-corrected chi connectivity index (χ2v) is 5.02. The van der Waals surface area contributed by atoms with Crippen molar-refractivity contribution in [1.82, 2.24) is 19.8 Å². The standard InChI is InChI=1S/C11H19N5O2/c1-7-3-5-9(6-4-7)13-10(17)16-11(18)15(12)8(2)14-16/h7,9H,3-6,12H2,1-2H3,(H,13,17). The van der Waals surface area contributed by atoms with Crippen LogP contribution in [0.2, 0.25) is 0 Å². The van der Waals surface area contributed by atoms with E-state index in [9.17, 15) is 9.59 Å². The number of nitrogen functional groups attached to an aromatic ring is 1. The quantitative estimate of drug-likeness (QED) is 0.699. The monoisotopic (exact) mass is 253 g/mol. The smallest absolute Gasteiger partial charge is 0.333 e. The van der Waals surface area contributed by atoms with Gasteiger partial charge in [-0.2, -0.15) is 4.68 Å². The van der Waals surface area contributed by atoms with E-state index in [-0.39, 0.29) is 6.04 Å². The maximum atomic E-state index is 11.9. The largest absolute Gasteiger partial charge is 0.373 e. The summed E-state index contributed by atoms with van der Waals surface area (Å²) in [6.07, 6.45) is 4.10. The van der Waals surface area contributed by atoms with Crippen molar-refractivity contribution in [2.45, 2.75) is 45.6 Å². The number of hydrogen-bond donors (Lipinski definition) is 2. The highest BCUT2D eigenvalue weighted by Crippen LogP contribution is 2.23. The molecule has 3 N–H and O–H groups in total. The number of aromatic nitrogens is 3. The van der Waals surface area contributed by atoms with E-state index in [1.165, 1.54) is 0 Å². The van der Waals surface area contributed by atoms with Crippen LogP contribution in [-0.4, -0.2) is 26.5 Å².